The summed E-state index contributed by atoms with van der Waals surface area (Å²) in [5.41, 5.74) is 2.67. The van der Waals surface area contributed by atoms with Gasteiger partial charge in [0, 0.05) is 18.9 Å². The van der Waals surface area contributed by atoms with Crippen LogP contribution >= 0.6 is 0 Å². The second-order valence-corrected chi connectivity index (χ2v) is 5.14. The van der Waals surface area contributed by atoms with Crippen LogP contribution in [0.4, 0.5) is 0 Å². The summed E-state index contributed by atoms with van der Waals surface area (Å²) in [5, 5.41) is 6.67. The van der Waals surface area contributed by atoms with Crippen molar-refractivity contribution in [3.05, 3.63) is 0 Å². The van der Waals surface area contributed by atoms with Gasteiger partial charge < -0.3 is 10.1 Å². The molecule has 2 aliphatic rings. The maximum atomic E-state index is 12.0. The van der Waals surface area contributed by atoms with E-state index in [1.54, 1.807) is 0 Å². The molecule has 0 aromatic heterocycles. The highest BCUT2D eigenvalue weighted by Crippen LogP contribution is 2.25. The summed E-state index contributed by atoms with van der Waals surface area (Å²) in [5.74, 6) is -0.625. The molecule has 0 aromatic carbocycles. The predicted octanol–water partition coefficient (Wildman–Crippen LogP) is 0.100. The molecule has 0 aromatic rings. The van der Waals surface area contributed by atoms with Crippen molar-refractivity contribution in [1.82, 2.24) is 10.7 Å². The number of methoxy groups -OCH3 is 1. The minimum Gasteiger partial charge on any atom is -0.469 e. The largest absolute Gasteiger partial charge is 0.469 e. The lowest BCUT2D eigenvalue weighted by molar-refractivity contribution is -0.146. The molecule has 0 radical (unpaired) electrons. The first-order valence-corrected chi connectivity index (χ1v) is 6.84. The molecule has 110 valence electrons. The summed E-state index contributed by atoms with van der Waals surface area (Å²) in [4.78, 5) is 34.3. The number of carbonyl (C=O) groups excluding carboxylic acids is 3. The Morgan fingerprint density at radius 3 is 2.50 bits per heavy atom. The van der Waals surface area contributed by atoms with Crippen molar-refractivity contribution in [3.8, 4) is 0 Å². The number of esters is 1. The number of rotatable bonds is 3. The van der Waals surface area contributed by atoms with Crippen LogP contribution in [0.1, 0.15) is 38.5 Å². The second-order valence-electron chi connectivity index (χ2n) is 5.14. The van der Waals surface area contributed by atoms with Crippen molar-refractivity contribution in [2.45, 2.75) is 44.6 Å². The minimum atomic E-state index is -0.230. The van der Waals surface area contributed by atoms with Gasteiger partial charge in [0.25, 0.3) is 5.91 Å². The van der Waals surface area contributed by atoms with Gasteiger partial charge in [0.1, 0.15) is 5.71 Å². The normalized spacial score (nSPS) is 26.2. The number of amides is 2. The van der Waals surface area contributed by atoms with Crippen LogP contribution in [0.3, 0.4) is 0 Å². The van der Waals surface area contributed by atoms with Crippen LogP contribution < -0.4 is 10.7 Å². The quantitative estimate of drug-likeness (QED) is 0.717. The molecule has 0 bridgehead atoms. The van der Waals surface area contributed by atoms with Crippen molar-refractivity contribution < 1.29 is 19.1 Å². The molecule has 2 amide bonds. The molecule has 0 saturated heterocycles. The molecule has 1 heterocycles. The molecular formula is C13H19N3O4. The molecule has 1 fully saturated rings. The van der Waals surface area contributed by atoms with Crippen molar-refractivity contribution in [2.75, 3.05) is 7.11 Å². The van der Waals surface area contributed by atoms with Crippen LogP contribution in [0.25, 0.3) is 0 Å². The Labute approximate surface area is 117 Å². The number of nitrogens with zero attached hydrogens (tertiary/aromatic N) is 1. The Balaban J connectivity index is 1.79. The molecular weight excluding hydrogens is 262 g/mol. The lowest BCUT2D eigenvalue weighted by atomic mass is 9.86. The topological polar surface area (TPSA) is 96.9 Å². The van der Waals surface area contributed by atoms with E-state index in [2.05, 4.69) is 15.8 Å². The summed E-state index contributed by atoms with van der Waals surface area (Å²) in [7, 11) is 1.39. The molecule has 2 N–H and O–H groups in total. The van der Waals surface area contributed by atoms with Gasteiger partial charge in [-0.25, -0.2) is 5.43 Å². The zero-order valence-corrected chi connectivity index (χ0v) is 11.5. The number of hydrogen-bond donors (Lipinski definition) is 2. The molecule has 0 spiro atoms. The monoisotopic (exact) mass is 281 g/mol. The van der Waals surface area contributed by atoms with E-state index in [0.29, 0.717) is 18.6 Å². The standard InChI is InChI=1S/C13H19N3O4/c1-20-13(19)8-2-4-9(5-3-8)14-12(18)10-6-7-11(17)16-15-10/h8-9H,2-7H2,1H3,(H,14,18)(H,16,17). The summed E-state index contributed by atoms with van der Waals surface area (Å²) in [6, 6.07) is 0.0590. The molecule has 0 atom stereocenters. The van der Waals surface area contributed by atoms with E-state index in [-0.39, 0.29) is 29.7 Å². The van der Waals surface area contributed by atoms with Crippen molar-refractivity contribution in [2.24, 2.45) is 11.0 Å². The van der Waals surface area contributed by atoms with Gasteiger partial charge in [0.05, 0.1) is 13.0 Å². The van der Waals surface area contributed by atoms with E-state index in [9.17, 15) is 14.4 Å². The lowest BCUT2D eigenvalue weighted by Gasteiger charge is -2.27. The van der Waals surface area contributed by atoms with Crippen LogP contribution in [-0.2, 0) is 19.1 Å². The summed E-state index contributed by atoms with van der Waals surface area (Å²) in [6.07, 6.45) is 3.62. The van der Waals surface area contributed by atoms with Gasteiger partial charge in [-0.05, 0) is 25.7 Å². The first kappa shape index (κ1) is 14.5. The van der Waals surface area contributed by atoms with Gasteiger partial charge in [-0.2, -0.15) is 5.10 Å². The van der Waals surface area contributed by atoms with Crippen LogP contribution in [0.2, 0.25) is 0 Å². The first-order valence-electron chi connectivity index (χ1n) is 6.84. The zero-order valence-electron chi connectivity index (χ0n) is 11.5. The van der Waals surface area contributed by atoms with Gasteiger partial charge in [-0.3, -0.25) is 14.4 Å². The van der Waals surface area contributed by atoms with E-state index < -0.39 is 0 Å². The highest BCUT2D eigenvalue weighted by Gasteiger charge is 2.28. The van der Waals surface area contributed by atoms with Crippen LogP contribution in [-0.4, -0.2) is 36.6 Å². The Morgan fingerprint density at radius 2 is 1.95 bits per heavy atom. The highest BCUT2D eigenvalue weighted by atomic mass is 16.5. The third-order valence-corrected chi connectivity index (χ3v) is 3.76. The SMILES string of the molecule is COC(=O)C1CCC(NC(=O)C2=NNC(=O)CC2)CC1. The highest BCUT2D eigenvalue weighted by molar-refractivity contribution is 6.39. The minimum absolute atomic E-state index is 0.0561. The van der Waals surface area contributed by atoms with E-state index in [0.717, 1.165) is 25.7 Å². The fourth-order valence-corrected chi connectivity index (χ4v) is 2.55. The van der Waals surface area contributed by atoms with E-state index >= 15 is 0 Å². The summed E-state index contributed by atoms with van der Waals surface area (Å²) < 4.78 is 4.73. The Bertz CT molecular complexity index is 439. The van der Waals surface area contributed by atoms with Crippen LogP contribution in [0, 0.1) is 5.92 Å². The maximum absolute atomic E-state index is 12.0. The van der Waals surface area contributed by atoms with E-state index in [4.69, 9.17) is 4.74 Å². The molecule has 0 unspecified atom stereocenters. The fraction of sp³-hybridized carbons (Fsp3) is 0.692. The van der Waals surface area contributed by atoms with Crippen molar-refractivity contribution >= 4 is 23.5 Å². The molecule has 1 aliphatic carbocycles. The van der Waals surface area contributed by atoms with Gasteiger partial charge in [0.15, 0.2) is 0 Å². The third-order valence-electron chi connectivity index (χ3n) is 3.76. The molecule has 7 heteroatoms. The Kier molecular flexibility index (Phi) is 4.70. The van der Waals surface area contributed by atoms with Crippen LogP contribution in [0.15, 0.2) is 5.10 Å². The first-order chi connectivity index (χ1) is 9.60. The predicted molar refractivity (Wildman–Crippen MR) is 70.7 cm³/mol. The van der Waals surface area contributed by atoms with Crippen LogP contribution in [0.5, 0.6) is 0 Å². The molecule has 1 aliphatic heterocycles. The van der Waals surface area contributed by atoms with Crippen molar-refractivity contribution in [1.29, 1.82) is 0 Å². The smallest absolute Gasteiger partial charge is 0.308 e. The number of nitrogens with one attached hydrogen (secondary N) is 2. The number of hydrogen-bond acceptors (Lipinski definition) is 5. The Morgan fingerprint density at radius 1 is 1.25 bits per heavy atom. The second kappa shape index (κ2) is 6.49. The average molecular weight is 281 g/mol. The number of carbonyl (C=O) groups is 3. The summed E-state index contributed by atoms with van der Waals surface area (Å²) in [6.45, 7) is 0. The van der Waals surface area contributed by atoms with E-state index in [1.807, 2.05) is 0 Å². The maximum Gasteiger partial charge on any atom is 0.308 e. The molecule has 20 heavy (non-hydrogen) atoms. The van der Waals surface area contributed by atoms with Gasteiger partial charge in [0.2, 0.25) is 5.91 Å². The zero-order chi connectivity index (χ0) is 14.5. The number of ether oxygens (including phenoxy) is 1. The van der Waals surface area contributed by atoms with Gasteiger partial charge in [-0.1, -0.05) is 0 Å². The lowest BCUT2D eigenvalue weighted by Crippen LogP contribution is -2.44. The molecule has 7 nitrogen and oxygen atoms in total. The summed E-state index contributed by atoms with van der Waals surface area (Å²) >= 11 is 0. The van der Waals surface area contributed by atoms with Gasteiger partial charge in [-0.15, -0.1) is 0 Å². The van der Waals surface area contributed by atoms with E-state index in [1.165, 1.54) is 7.11 Å². The fourth-order valence-electron chi connectivity index (χ4n) is 2.55. The Hall–Kier alpha value is -1.92. The molecule has 2 rings (SSSR count). The molecule has 1 saturated carbocycles. The van der Waals surface area contributed by atoms with Gasteiger partial charge >= 0.3 is 5.97 Å². The van der Waals surface area contributed by atoms with Crippen molar-refractivity contribution in [3.63, 3.8) is 0 Å². The average Bonchev–Trinajstić information content (AvgIpc) is 2.48. The third kappa shape index (κ3) is 3.55. The number of hydrazone groups is 1.